The number of pyridine rings is 1. The number of hydrogen-bond acceptors (Lipinski definition) is 4. The molecule has 1 aliphatic rings. The number of carbonyl (C=O) groups excluding carboxylic acids is 3. The molecule has 1 aromatic heterocycles. The van der Waals surface area contributed by atoms with Gasteiger partial charge in [0.1, 0.15) is 5.69 Å². The molecule has 150 valence electrons. The molecule has 0 fully saturated rings. The first-order chi connectivity index (χ1) is 14.5. The summed E-state index contributed by atoms with van der Waals surface area (Å²) in [5.41, 5.74) is 4.00. The Morgan fingerprint density at radius 1 is 0.933 bits per heavy atom. The molecule has 0 radical (unpaired) electrons. The first-order valence-electron chi connectivity index (χ1n) is 9.76. The van der Waals surface area contributed by atoms with Crippen LogP contribution in [-0.2, 0) is 13.0 Å². The Morgan fingerprint density at radius 2 is 1.73 bits per heavy atom. The maximum Gasteiger partial charge on any atom is 0.272 e. The van der Waals surface area contributed by atoms with Crippen molar-refractivity contribution in [2.45, 2.75) is 19.9 Å². The SMILES string of the molecule is CC(=O)c1cccc(NC(=O)c2ccnc(C(=O)N3CCc4ccccc4C3)c2)c1. The fraction of sp³-hybridized carbons (Fsp3) is 0.167. The second kappa shape index (κ2) is 8.29. The summed E-state index contributed by atoms with van der Waals surface area (Å²) >= 11 is 0. The van der Waals surface area contributed by atoms with Gasteiger partial charge in [0, 0.05) is 36.1 Å². The highest BCUT2D eigenvalue weighted by molar-refractivity contribution is 6.06. The molecule has 1 N–H and O–H groups in total. The molecule has 30 heavy (non-hydrogen) atoms. The second-order valence-corrected chi connectivity index (χ2v) is 7.27. The lowest BCUT2D eigenvalue weighted by molar-refractivity contribution is 0.0728. The Balaban J connectivity index is 1.50. The van der Waals surface area contributed by atoms with Crippen LogP contribution >= 0.6 is 0 Å². The molecule has 0 unspecified atom stereocenters. The van der Waals surface area contributed by atoms with E-state index in [1.807, 2.05) is 18.2 Å². The minimum absolute atomic E-state index is 0.0778. The number of Topliss-reactive ketones (excluding diaryl/α,β-unsaturated/α-hetero) is 1. The first-order valence-corrected chi connectivity index (χ1v) is 9.76. The third-order valence-corrected chi connectivity index (χ3v) is 5.19. The third kappa shape index (κ3) is 4.12. The van der Waals surface area contributed by atoms with Gasteiger partial charge >= 0.3 is 0 Å². The average Bonchev–Trinajstić information content (AvgIpc) is 2.78. The van der Waals surface area contributed by atoms with Gasteiger partial charge in [-0.05, 0) is 48.7 Å². The van der Waals surface area contributed by atoms with Gasteiger partial charge in [-0.1, -0.05) is 36.4 Å². The van der Waals surface area contributed by atoms with Crippen molar-refractivity contribution < 1.29 is 14.4 Å². The molecule has 0 aliphatic carbocycles. The normalized spacial score (nSPS) is 12.8. The molecule has 0 bridgehead atoms. The first kappa shape index (κ1) is 19.5. The number of hydrogen-bond donors (Lipinski definition) is 1. The minimum Gasteiger partial charge on any atom is -0.333 e. The van der Waals surface area contributed by atoms with Crippen LogP contribution in [0.1, 0.15) is 49.3 Å². The number of benzene rings is 2. The molecule has 3 aromatic rings. The Labute approximate surface area is 174 Å². The minimum atomic E-state index is -0.365. The Kier molecular flexibility index (Phi) is 5.39. The smallest absolute Gasteiger partial charge is 0.272 e. The molecule has 0 atom stereocenters. The summed E-state index contributed by atoms with van der Waals surface area (Å²) in [6.45, 7) is 2.62. The van der Waals surface area contributed by atoms with E-state index < -0.39 is 0 Å². The van der Waals surface area contributed by atoms with Gasteiger partial charge in [-0.25, -0.2) is 0 Å². The van der Waals surface area contributed by atoms with Crippen molar-refractivity contribution in [1.29, 1.82) is 0 Å². The largest absolute Gasteiger partial charge is 0.333 e. The van der Waals surface area contributed by atoms with Crippen molar-refractivity contribution in [3.8, 4) is 0 Å². The van der Waals surface area contributed by atoms with Crippen LogP contribution in [0.3, 0.4) is 0 Å². The standard InChI is InChI=1S/C24H21N3O3/c1-16(28)18-7-4-8-21(13-18)26-23(29)19-9-11-25-22(14-19)24(30)27-12-10-17-5-2-3-6-20(17)15-27/h2-9,11,13-14H,10,12,15H2,1H3,(H,26,29). The van der Waals surface area contributed by atoms with Gasteiger partial charge in [-0.15, -0.1) is 0 Å². The second-order valence-electron chi connectivity index (χ2n) is 7.27. The lowest BCUT2D eigenvalue weighted by Gasteiger charge is -2.28. The quantitative estimate of drug-likeness (QED) is 0.678. The molecule has 4 rings (SSSR count). The zero-order chi connectivity index (χ0) is 21.1. The maximum atomic E-state index is 13.0. The molecule has 0 saturated heterocycles. The fourth-order valence-electron chi connectivity index (χ4n) is 3.54. The Morgan fingerprint density at radius 3 is 2.53 bits per heavy atom. The number of nitrogens with one attached hydrogen (secondary N) is 1. The highest BCUT2D eigenvalue weighted by Crippen LogP contribution is 2.20. The van der Waals surface area contributed by atoms with Crippen LogP contribution in [0, 0.1) is 0 Å². The summed E-state index contributed by atoms with van der Waals surface area (Å²) in [6, 6.07) is 17.9. The van der Waals surface area contributed by atoms with Crippen molar-refractivity contribution in [1.82, 2.24) is 9.88 Å². The van der Waals surface area contributed by atoms with Crippen LogP contribution in [-0.4, -0.2) is 34.0 Å². The van der Waals surface area contributed by atoms with Gasteiger partial charge in [0.05, 0.1) is 0 Å². The van der Waals surface area contributed by atoms with Gasteiger partial charge in [-0.3, -0.25) is 19.4 Å². The Bertz CT molecular complexity index is 1140. The summed E-state index contributed by atoms with van der Waals surface area (Å²) in [4.78, 5) is 43.1. The fourth-order valence-corrected chi connectivity index (χ4v) is 3.54. The van der Waals surface area contributed by atoms with Gasteiger partial charge in [0.2, 0.25) is 0 Å². The number of aromatic nitrogens is 1. The van der Waals surface area contributed by atoms with Crippen molar-refractivity contribution >= 4 is 23.3 Å². The van der Waals surface area contributed by atoms with Crippen molar-refractivity contribution in [2.75, 3.05) is 11.9 Å². The van der Waals surface area contributed by atoms with E-state index in [1.54, 1.807) is 35.2 Å². The van der Waals surface area contributed by atoms with Crippen molar-refractivity contribution in [3.05, 3.63) is 94.8 Å². The molecule has 6 heteroatoms. The number of fused-ring (bicyclic) bond motifs is 1. The number of anilines is 1. The predicted molar refractivity (Wildman–Crippen MR) is 114 cm³/mol. The van der Waals surface area contributed by atoms with E-state index in [9.17, 15) is 14.4 Å². The van der Waals surface area contributed by atoms with Crippen LogP contribution in [0.4, 0.5) is 5.69 Å². The molecule has 6 nitrogen and oxygen atoms in total. The van der Waals surface area contributed by atoms with Gasteiger partial charge in [0.15, 0.2) is 5.78 Å². The molecule has 2 amide bonds. The van der Waals surface area contributed by atoms with E-state index >= 15 is 0 Å². The van der Waals surface area contributed by atoms with E-state index in [4.69, 9.17) is 0 Å². The van der Waals surface area contributed by atoms with E-state index in [0.29, 0.717) is 29.9 Å². The lowest BCUT2D eigenvalue weighted by atomic mass is 9.99. The van der Waals surface area contributed by atoms with Crippen molar-refractivity contribution in [2.24, 2.45) is 0 Å². The highest BCUT2D eigenvalue weighted by atomic mass is 16.2. The zero-order valence-corrected chi connectivity index (χ0v) is 16.6. The van der Waals surface area contributed by atoms with Crippen LogP contribution in [0.25, 0.3) is 0 Å². The molecular formula is C24H21N3O3. The number of carbonyl (C=O) groups is 3. The maximum absolute atomic E-state index is 13.0. The molecule has 1 aliphatic heterocycles. The average molecular weight is 399 g/mol. The summed E-state index contributed by atoms with van der Waals surface area (Å²) in [6.07, 6.45) is 2.26. The number of nitrogens with zero attached hydrogens (tertiary/aromatic N) is 2. The van der Waals surface area contributed by atoms with E-state index in [-0.39, 0.29) is 23.3 Å². The van der Waals surface area contributed by atoms with Gasteiger partial charge in [-0.2, -0.15) is 0 Å². The van der Waals surface area contributed by atoms with Crippen LogP contribution in [0.5, 0.6) is 0 Å². The third-order valence-electron chi connectivity index (χ3n) is 5.19. The molecule has 2 aromatic carbocycles. The van der Waals surface area contributed by atoms with E-state index in [0.717, 1.165) is 12.0 Å². The summed E-state index contributed by atoms with van der Waals surface area (Å²) in [7, 11) is 0. The lowest BCUT2D eigenvalue weighted by Crippen LogP contribution is -2.36. The number of ketones is 1. The van der Waals surface area contributed by atoms with Gasteiger partial charge in [0.25, 0.3) is 11.8 Å². The summed E-state index contributed by atoms with van der Waals surface area (Å²) in [5.74, 6) is -0.639. The van der Waals surface area contributed by atoms with Crippen LogP contribution < -0.4 is 5.32 Å². The number of amides is 2. The van der Waals surface area contributed by atoms with E-state index in [1.165, 1.54) is 24.8 Å². The summed E-state index contributed by atoms with van der Waals surface area (Å²) < 4.78 is 0. The molecular weight excluding hydrogens is 378 g/mol. The molecule has 0 spiro atoms. The molecule has 0 saturated carbocycles. The van der Waals surface area contributed by atoms with Crippen LogP contribution in [0.2, 0.25) is 0 Å². The highest BCUT2D eigenvalue weighted by Gasteiger charge is 2.23. The zero-order valence-electron chi connectivity index (χ0n) is 16.6. The predicted octanol–water partition coefficient (Wildman–Crippen LogP) is 3.74. The van der Waals surface area contributed by atoms with Crippen molar-refractivity contribution in [3.63, 3.8) is 0 Å². The summed E-state index contributed by atoms with van der Waals surface area (Å²) in [5, 5.41) is 2.77. The Hall–Kier alpha value is -3.80. The monoisotopic (exact) mass is 399 g/mol. The van der Waals surface area contributed by atoms with Gasteiger partial charge < -0.3 is 10.2 Å². The topological polar surface area (TPSA) is 79.4 Å². The number of rotatable bonds is 4. The van der Waals surface area contributed by atoms with Crippen LogP contribution in [0.15, 0.2) is 66.9 Å². The molecule has 2 heterocycles. The van der Waals surface area contributed by atoms with E-state index in [2.05, 4.69) is 16.4 Å².